The molecule has 0 amide bonds. The monoisotopic (exact) mass is 123 g/mol. The van der Waals surface area contributed by atoms with Gasteiger partial charge in [-0.2, -0.15) is 11.3 Å². The Morgan fingerprint density at radius 1 is 1.00 bits per heavy atom. The Kier molecular flexibility index (Phi) is 5.50. The molecule has 0 aliphatic heterocycles. The van der Waals surface area contributed by atoms with E-state index >= 15 is 0 Å². The average molecular weight is 123 g/mol. The first kappa shape index (κ1) is 7.34. The standard InChI is InChI=1S/C4H4S.K/c1-2-4-5-3-1;/h1-4H;/q;+1. The Labute approximate surface area is 84.0 Å². The smallest absolute Gasteiger partial charge is 0.152 e. The minimum absolute atomic E-state index is 0. The van der Waals surface area contributed by atoms with E-state index in [1.165, 1.54) is 0 Å². The van der Waals surface area contributed by atoms with Crippen LogP contribution in [-0.4, -0.2) is 0 Å². The molecule has 6 heavy (non-hydrogen) atoms. The Morgan fingerprint density at radius 3 is 1.67 bits per heavy atom. The molecule has 0 N–H and O–H groups in total. The van der Waals surface area contributed by atoms with Crippen molar-refractivity contribution in [2.45, 2.75) is 0 Å². The quantitative estimate of drug-likeness (QED) is 0.378. The molecule has 1 rings (SSSR count). The molecule has 0 saturated heterocycles. The number of hydrogen-bond acceptors (Lipinski definition) is 1. The normalized spacial score (nSPS) is 6.67. The Balaban J connectivity index is 0.000000250. The van der Waals surface area contributed by atoms with E-state index in [9.17, 15) is 0 Å². The van der Waals surface area contributed by atoms with Crippen LogP contribution in [0.15, 0.2) is 22.9 Å². The molecule has 0 atom stereocenters. The summed E-state index contributed by atoms with van der Waals surface area (Å²) < 4.78 is 0. The van der Waals surface area contributed by atoms with E-state index in [2.05, 4.69) is 0 Å². The van der Waals surface area contributed by atoms with Crippen LogP contribution < -0.4 is 51.4 Å². The van der Waals surface area contributed by atoms with Gasteiger partial charge >= 0.3 is 51.4 Å². The number of rotatable bonds is 0. The fourth-order valence-corrected chi connectivity index (χ4v) is 0.680. The molecule has 0 spiro atoms. The molecule has 0 bridgehead atoms. The summed E-state index contributed by atoms with van der Waals surface area (Å²) in [5.41, 5.74) is 0. The summed E-state index contributed by atoms with van der Waals surface area (Å²) in [5.74, 6) is 0. The van der Waals surface area contributed by atoms with Crippen LogP contribution in [0.3, 0.4) is 0 Å². The third-order valence-corrected chi connectivity index (χ3v) is 1.05. The summed E-state index contributed by atoms with van der Waals surface area (Å²) in [6, 6.07) is 4.04. The van der Waals surface area contributed by atoms with Gasteiger partial charge in [-0.3, -0.25) is 0 Å². The van der Waals surface area contributed by atoms with Gasteiger partial charge in [0.25, 0.3) is 0 Å². The molecule has 2 heteroatoms. The maximum atomic E-state index is 2.04. The molecule has 0 saturated carbocycles. The van der Waals surface area contributed by atoms with Crippen LogP contribution in [0.25, 0.3) is 0 Å². The average Bonchev–Trinajstić information content (AvgIpc) is 1.76. The molecular formula is C4H4KS+. The van der Waals surface area contributed by atoms with Gasteiger partial charge in [0.2, 0.25) is 0 Å². The molecule has 26 valence electrons. The molecule has 0 unspecified atom stereocenters. The second kappa shape index (κ2) is 4.49. The Hall–Kier alpha value is 1.34. The van der Waals surface area contributed by atoms with E-state index in [1.54, 1.807) is 11.3 Å². The molecule has 0 radical (unpaired) electrons. The van der Waals surface area contributed by atoms with Crippen LogP contribution in [-0.2, 0) is 0 Å². The van der Waals surface area contributed by atoms with Gasteiger partial charge in [-0.25, -0.2) is 0 Å². The molecule has 1 heterocycles. The maximum Gasteiger partial charge on any atom is 1.00 e. The summed E-state index contributed by atoms with van der Waals surface area (Å²) >= 11 is 1.71. The molecule has 0 fully saturated rings. The van der Waals surface area contributed by atoms with E-state index in [-0.39, 0.29) is 51.4 Å². The summed E-state index contributed by atoms with van der Waals surface area (Å²) in [6.07, 6.45) is 0. The second-order valence-electron chi connectivity index (χ2n) is 0.793. The number of thiophene rings is 1. The van der Waals surface area contributed by atoms with Crippen molar-refractivity contribution in [1.29, 1.82) is 0 Å². The van der Waals surface area contributed by atoms with Crippen molar-refractivity contribution >= 4 is 11.3 Å². The van der Waals surface area contributed by atoms with E-state index in [0.717, 1.165) is 0 Å². The molecule has 1 aromatic rings. The van der Waals surface area contributed by atoms with Crippen LogP contribution in [0.2, 0.25) is 0 Å². The van der Waals surface area contributed by atoms with E-state index < -0.39 is 0 Å². The molecule has 0 aromatic carbocycles. The van der Waals surface area contributed by atoms with Crippen LogP contribution in [0.5, 0.6) is 0 Å². The second-order valence-corrected chi connectivity index (χ2v) is 1.61. The molecular weight excluding hydrogens is 119 g/mol. The van der Waals surface area contributed by atoms with Crippen molar-refractivity contribution in [2.75, 3.05) is 0 Å². The summed E-state index contributed by atoms with van der Waals surface area (Å²) in [7, 11) is 0. The van der Waals surface area contributed by atoms with Crippen LogP contribution in [0.1, 0.15) is 0 Å². The fraction of sp³-hybridized carbons (Fsp3) is 0. The van der Waals surface area contributed by atoms with Crippen molar-refractivity contribution in [3.8, 4) is 0 Å². The van der Waals surface area contributed by atoms with Gasteiger partial charge in [0.15, 0.2) is 0 Å². The van der Waals surface area contributed by atoms with Gasteiger partial charge in [0, 0.05) is 0 Å². The number of hydrogen-bond donors (Lipinski definition) is 0. The zero-order valence-corrected chi connectivity index (χ0v) is 7.66. The van der Waals surface area contributed by atoms with Gasteiger partial charge in [-0.15, -0.1) is 0 Å². The molecule has 0 aliphatic rings. The van der Waals surface area contributed by atoms with Crippen LogP contribution in [0, 0.1) is 0 Å². The van der Waals surface area contributed by atoms with Gasteiger partial charge in [-0.1, -0.05) is 12.1 Å². The zero-order valence-electron chi connectivity index (χ0n) is 3.72. The van der Waals surface area contributed by atoms with Crippen molar-refractivity contribution in [3.05, 3.63) is 22.9 Å². The van der Waals surface area contributed by atoms with Crippen molar-refractivity contribution in [1.82, 2.24) is 0 Å². The summed E-state index contributed by atoms with van der Waals surface area (Å²) in [5, 5.41) is 4.08. The van der Waals surface area contributed by atoms with Crippen molar-refractivity contribution in [3.63, 3.8) is 0 Å². The van der Waals surface area contributed by atoms with Crippen molar-refractivity contribution < 1.29 is 51.4 Å². The molecule has 1 aromatic heterocycles. The maximum absolute atomic E-state index is 2.04. The minimum Gasteiger partial charge on any atom is -0.152 e. The van der Waals surface area contributed by atoms with E-state index in [0.29, 0.717) is 0 Å². The van der Waals surface area contributed by atoms with Crippen LogP contribution in [0.4, 0.5) is 0 Å². The van der Waals surface area contributed by atoms with Gasteiger partial charge in [0.1, 0.15) is 0 Å². The predicted molar refractivity (Wildman–Crippen MR) is 24.3 cm³/mol. The Morgan fingerprint density at radius 2 is 1.50 bits per heavy atom. The largest absolute Gasteiger partial charge is 1.00 e. The Bertz CT molecular complexity index is 64.0. The third kappa shape index (κ3) is 2.50. The first-order valence-corrected chi connectivity index (χ1v) is 2.41. The van der Waals surface area contributed by atoms with Gasteiger partial charge in [0.05, 0.1) is 0 Å². The third-order valence-electron chi connectivity index (χ3n) is 0.425. The van der Waals surface area contributed by atoms with Crippen LogP contribution >= 0.6 is 11.3 Å². The van der Waals surface area contributed by atoms with Gasteiger partial charge in [-0.05, 0) is 10.8 Å². The predicted octanol–water partition coefficient (Wildman–Crippen LogP) is -1.25. The van der Waals surface area contributed by atoms with Gasteiger partial charge < -0.3 is 0 Å². The molecule has 0 nitrogen and oxygen atoms in total. The SMILES string of the molecule is [K+].c1ccsc1. The van der Waals surface area contributed by atoms with Crippen molar-refractivity contribution in [2.24, 2.45) is 0 Å². The molecule has 0 aliphatic carbocycles. The topological polar surface area (TPSA) is 0 Å². The first-order valence-electron chi connectivity index (χ1n) is 1.47. The summed E-state index contributed by atoms with van der Waals surface area (Å²) in [6.45, 7) is 0. The summed E-state index contributed by atoms with van der Waals surface area (Å²) in [4.78, 5) is 0. The van der Waals surface area contributed by atoms with E-state index in [1.807, 2.05) is 22.9 Å². The zero-order chi connectivity index (χ0) is 3.54. The fourth-order valence-electron chi connectivity index (χ4n) is 0.227. The first-order chi connectivity index (χ1) is 2.50. The minimum atomic E-state index is 0. The van der Waals surface area contributed by atoms with E-state index in [4.69, 9.17) is 0 Å².